The summed E-state index contributed by atoms with van der Waals surface area (Å²) in [7, 11) is 0. The van der Waals surface area contributed by atoms with Crippen LogP contribution in [-0.2, 0) is 16.0 Å². The molecule has 0 saturated heterocycles. The van der Waals surface area contributed by atoms with Crippen molar-refractivity contribution in [2.45, 2.75) is 12.8 Å². The molecular formula is C23H16ClNO5. The molecule has 1 aliphatic carbocycles. The standard InChI is InChI=1S/C23H16ClNO5/c24-15-3-1-2-13(11-15)10-14-4-6-18-22(29)17-7-5-16(12-19(17)30-23(14)18)25-20(26)8-9-21(27)28/h1-3,5,7-12H,4,6H2,(H,25,26)(H,27,28)/b9-8+,14-10?. The highest BCUT2D eigenvalue weighted by atomic mass is 35.5. The normalized spacial score (nSPS) is 14.4. The fourth-order valence-corrected chi connectivity index (χ4v) is 3.63. The Morgan fingerprint density at radius 2 is 1.93 bits per heavy atom. The number of carbonyl (C=O) groups excluding carboxylic acids is 1. The molecule has 6 nitrogen and oxygen atoms in total. The third kappa shape index (κ3) is 4.04. The zero-order valence-corrected chi connectivity index (χ0v) is 16.4. The van der Waals surface area contributed by atoms with Gasteiger partial charge in [-0.25, -0.2) is 4.79 Å². The van der Waals surface area contributed by atoms with Crippen molar-refractivity contribution < 1.29 is 19.1 Å². The van der Waals surface area contributed by atoms with E-state index in [-0.39, 0.29) is 5.43 Å². The Hall–Kier alpha value is -3.64. The van der Waals surface area contributed by atoms with E-state index in [0.717, 1.165) is 23.3 Å². The van der Waals surface area contributed by atoms with Gasteiger partial charge >= 0.3 is 5.97 Å². The number of aliphatic carboxylic acids is 1. The van der Waals surface area contributed by atoms with Gasteiger partial charge in [0.25, 0.3) is 0 Å². The predicted octanol–water partition coefficient (Wildman–Crippen LogP) is 4.51. The molecule has 1 amide bonds. The highest BCUT2D eigenvalue weighted by Gasteiger charge is 2.24. The molecule has 0 fully saturated rings. The average molecular weight is 422 g/mol. The van der Waals surface area contributed by atoms with E-state index in [1.807, 2.05) is 24.3 Å². The molecule has 0 saturated carbocycles. The quantitative estimate of drug-likeness (QED) is 0.604. The number of carboxylic acids is 1. The number of allylic oxidation sites excluding steroid dienone is 1. The second-order valence-corrected chi connectivity index (χ2v) is 7.27. The summed E-state index contributed by atoms with van der Waals surface area (Å²) in [5.74, 6) is -1.27. The van der Waals surface area contributed by atoms with E-state index in [2.05, 4.69) is 5.32 Å². The van der Waals surface area contributed by atoms with Gasteiger partial charge in [0, 0.05) is 34.5 Å². The smallest absolute Gasteiger partial charge is 0.328 e. The average Bonchev–Trinajstić information content (AvgIpc) is 3.09. The molecule has 4 rings (SSSR count). The molecule has 0 atom stereocenters. The number of hydrogen-bond acceptors (Lipinski definition) is 4. The van der Waals surface area contributed by atoms with Crippen molar-refractivity contribution in [3.63, 3.8) is 0 Å². The molecular weight excluding hydrogens is 406 g/mol. The summed E-state index contributed by atoms with van der Waals surface area (Å²) < 4.78 is 6.06. The molecule has 0 bridgehead atoms. The first-order valence-corrected chi connectivity index (χ1v) is 9.57. The van der Waals surface area contributed by atoms with Crippen LogP contribution in [0.4, 0.5) is 5.69 Å². The van der Waals surface area contributed by atoms with Crippen molar-refractivity contribution >= 4 is 51.8 Å². The molecule has 3 aromatic rings. The molecule has 0 spiro atoms. The van der Waals surface area contributed by atoms with Crippen LogP contribution in [0.25, 0.3) is 22.6 Å². The van der Waals surface area contributed by atoms with E-state index in [4.69, 9.17) is 21.1 Å². The van der Waals surface area contributed by atoms with Crippen LogP contribution in [0.3, 0.4) is 0 Å². The van der Waals surface area contributed by atoms with E-state index in [0.29, 0.717) is 45.8 Å². The molecule has 0 radical (unpaired) electrons. The number of fused-ring (bicyclic) bond motifs is 2. The van der Waals surface area contributed by atoms with Crippen molar-refractivity contribution in [3.05, 3.63) is 86.7 Å². The van der Waals surface area contributed by atoms with Gasteiger partial charge in [-0.1, -0.05) is 23.7 Å². The number of anilines is 1. The fraction of sp³-hybridized carbons (Fsp3) is 0.0870. The van der Waals surface area contributed by atoms with E-state index in [9.17, 15) is 14.4 Å². The van der Waals surface area contributed by atoms with Crippen LogP contribution in [0.1, 0.15) is 23.3 Å². The molecule has 1 aliphatic rings. The van der Waals surface area contributed by atoms with Crippen molar-refractivity contribution in [2.24, 2.45) is 0 Å². The summed E-state index contributed by atoms with van der Waals surface area (Å²) >= 11 is 6.06. The number of benzene rings is 2. The lowest BCUT2D eigenvalue weighted by Gasteiger charge is -2.07. The summed E-state index contributed by atoms with van der Waals surface area (Å²) in [4.78, 5) is 35.3. The van der Waals surface area contributed by atoms with Gasteiger partial charge in [0.1, 0.15) is 11.3 Å². The molecule has 0 aliphatic heterocycles. The van der Waals surface area contributed by atoms with Gasteiger partial charge < -0.3 is 14.8 Å². The SMILES string of the molecule is O=C(O)/C=C/C(=O)Nc1ccc2c(=O)c3c(oc2c1)C(=Cc1cccc(Cl)c1)CC3. The molecule has 2 aromatic carbocycles. The number of nitrogens with one attached hydrogen (secondary N) is 1. The van der Waals surface area contributed by atoms with Crippen LogP contribution in [0.5, 0.6) is 0 Å². The van der Waals surface area contributed by atoms with Crippen LogP contribution in [-0.4, -0.2) is 17.0 Å². The first-order chi connectivity index (χ1) is 14.4. The molecule has 1 heterocycles. The van der Waals surface area contributed by atoms with Gasteiger partial charge in [-0.3, -0.25) is 9.59 Å². The Balaban J connectivity index is 1.72. The Morgan fingerprint density at radius 3 is 2.70 bits per heavy atom. The minimum absolute atomic E-state index is 0.0932. The second kappa shape index (κ2) is 8.00. The Bertz CT molecular complexity index is 1300. The third-order valence-corrected chi connectivity index (χ3v) is 4.99. The van der Waals surface area contributed by atoms with Crippen LogP contribution >= 0.6 is 11.6 Å². The lowest BCUT2D eigenvalue weighted by atomic mass is 10.1. The van der Waals surface area contributed by atoms with E-state index in [1.54, 1.807) is 24.3 Å². The monoisotopic (exact) mass is 421 g/mol. The summed E-state index contributed by atoms with van der Waals surface area (Å²) in [6, 6.07) is 12.1. The molecule has 30 heavy (non-hydrogen) atoms. The lowest BCUT2D eigenvalue weighted by Crippen LogP contribution is -2.11. The Labute approximate surface area is 176 Å². The van der Waals surface area contributed by atoms with Crippen molar-refractivity contribution in [3.8, 4) is 0 Å². The van der Waals surface area contributed by atoms with E-state index in [1.165, 1.54) is 0 Å². The number of hydrogen-bond donors (Lipinski definition) is 2. The van der Waals surface area contributed by atoms with Crippen LogP contribution in [0.2, 0.25) is 5.02 Å². The summed E-state index contributed by atoms with van der Waals surface area (Å²) in [6.45, 7) is 0. The molecule has 7 heteroatoms. The highest BCUT2D eigenvalue weighted by Crippen LogP contribution is 2.34. The molecule has 2 N–H and O–H groups in total. The molecule has 150 valence electrons. The summed E-state index contributed by atoms with van der Waals surface area (Å²) in [5, 5.41) is 12.2. The third-order valence-electron chi connectivity index (χ3n) is 4.76. The number of halogens is 1. The number of amides is 1. The summed E-state index contributed by atoms with van der Waals surface area (Å²) in [6.07, 6.45) is 4.89. The zero-order chi connectivity index (χ0) is 21.3. The Morgan fingerprint density at radius 1 is 1.10 bits per heavy atom. The molecule has 1 aromatic heterocycles. The highest BCUT2D eigenvalue weighted by molar-refractivity contribution is 6.30. The van der Waals surface area contributed by atoms with Gasteiger partial charge in [-0.15, -0.1) is 0 Å². The lowest BCUT2D eigenvalue weighted by molar-refractivity contribution is -0.131. The zero-order valence-electron chi connectivity index (χ0n) is 15.6. The van der Waals surface area contributed by atoms with Gasteiger partial charge in [0.15, 0.2) is 5.43 Å². The van der Waals surface area contributed by atoms with Crippen molar-refractivity contribution in [1.29, 1.82) is 0 Å². The van der Waals surface area contributed by atoms with E-state index >= 15 is 0 Å². The maximum Gasteiger partial charge on any atom is 0.328 e. The summed E-state index contributed by atoms with van der Waals surface area (Å²) in [5.41, 5.74) is 3.10. The first kappa shape index (κ1) is 19.7. The molecule has 0 unspecified atom stereocenters. The van der Waals surface area contributed by atoms with Crippen molar-refractivity contribution in [2.75, 3.05) is 5.32 Å². The largest absolute Gasteiger partial charge is 0.478 e. The maximum absolute atomic E-state index is 12.9. The van der Waals surface area contributed by atoms with E-state index < -0.39 is 11.9 Å². The minimum Gasteiger partial charge on any atom is -0.478 e. The van der Waals surface area contributed by atoms with Crippen LogP contribution in [0, 0.1) is 0 Å². The Kier molecular flexibility index (Phi) is 5.25. The van der Waals surface area contributed by atoms with Gasteiger partial charge in [-0.05, 0) is 54.3 Å². The van der Waals surface area contributed by atoms with Gasteiger partial charge in [-0.2, -0.15) is 0 Å². The van der Waals surface area contributed by atoms with Crippen LogP contribution < -0.4 is 10.7 Å². The van der Waals surface area contributed by atoms with Crippen LogP contribution in [0.15, 0.2) is 63.8 Å². The van der Waals surface area contributed by atoms with Gasteiger partial charge in [0.05, 0.1) is 5.39 Å². The predicted molar refractivity (Wildman–Crippen MR) is 116 cm³/mol. The maximum atomic E-state index is 12.9. The number of carboxylic acid groups (broad SMARTS) is 1. The topological polar surface area (TPSA) is 96.6 Å². The fourth-order valence-electron chi connectivity index (χ4n) is 3.44. The minimum atomic E-state index is -1.22. The van der Waals surface area contributed by atoms with Gasteiger partial charge in [0.2, 0.25) is 5.91 Å². The van der Waals surface area contributed by atoms with Crippen molar-refractivity contribution in [1.82, 2.24) is 0 Å². The second-order valence-electron chi connectivity index (χ2n) is 6.84. The number of carbonyl (C=O) groups is 2. The number of rotatable bonds is 4. The first-order valence-electron chi connectivity index (χ1n) is 9.19.